The summed E-state index contributed by atoms with van der Waals surface area (Å²) in [6, 6.07) is 12.5. The van der Waals surface area contributed by atoms with E-state index in [2.05, 4.69) is 34.7 Å². The van der Waals surface area contributed by atoms with Crippen LogP contribution in [0.4, 0.5) is 10.1 Å². The summed E-state index contributed by atoms with van der Waals surface area (Å²) in [4.78, 5) is 21.6. The minimum Gasteiger partial charge on any atom is -0.364 e. The maximum atomic E-state index is 14.4. The number of piperazine rings is 1. The Labute approximate surface area is 181 Å². The van der Waals surface area contributed by atoms with Gasteiger partial charge in [-0.25, -0.2) is 9.37 Å². The Bertz CT molecular complexity index is 1220. The first-order valence-electron chi connectivity index (χ1n) is 10.5. The molecule has 0 N–H and O–H groups in total. The van der Waals surface area contributed by atoms with Crippen LogP contribution < -0.4 is 10.5 Å². The third-order valence-corrected chi connectivity index (χ3v) is 6.32. The molecule has 3 aromatic rings. The van der Waals surface area contributed by atoms with Crippen molar-refractivity contribution in [3.63, 3.8) is 0 Å². The molecule has 0 saturated carbocycles. The molecule has 7 heteroatoms. The first-order valence-corrected chi connectivity index (χ1v) is 10.5. The molecule has 0 aliphatic carbocycles. The summed E-state index contributed by atoms with van der Waals surface area (Å²) in [5.74, 6) is -0.173. The molecule has 6 nitrogen and oxygen atoms in total. The molecular weight excluding hydrogens is 393 g/mol. The topological polar surface area (TPSA) is 65.2 Å². The number of hydrogen-bond acceptors (Lipinski definition) is 5. The Balaban J connectivity index is 1.69. The van der Waals surface area contributed by atoms with Crippen molar-refractivity contribution in [3.05, 3.63) is 69.4 Å². The number of aromatic nitrogens is 2. The van der Waals surface area contributed by atoms with E-state index in [0.717, 1.165) is 23.4 Å². The largest absolute Gasteiger partial charge is 0.364 e. The molecule has 31 heavy (non-hydrogen) atoms. The Morgan fingerprint density at radius 1 is 1.19 bits per heavy atom. The van der Waals surface area contributed by atoms with Crippen molar-refractivity contribution in [1.82, 2.24) is 14.5 Å². The number of fused-ring (bicyclic) bond motifs is 1. The molecule has 3 heterocycles. The number of anilines is 1. The standard InChI is InChI=1S/C24H26FN5O/c1-15-6-5-7-20(25)19(15)14-29-12-17(3)30(13-16(29)2)22-10-23(31)28(4)21-9-8-18(11-26)27-24(21)22/h5-10,16-17H,12-14H2,1-4H3/t16-,17+/m1/s1. The van der Waals surface area contributed by atoms with Crippen LogP contribution >= 0.6 is 0 Å². The monoisotopic (exact) mass is 419 g/mol. The molecule has 4 rings (SSSR count). The zero-order valence-electron chi connectivity index (χ0n) is 18.3. The van der Waals surface area contributed by atoms with Crippen molar-refractivity contribution in [2.45, 2.75) is 39.4 Å². The SMILES string of the molecule is Cc1cccc(F)c1CN1C[C@H](C)N(c2cc(=O)n(C)c3ccc(C#N)nc23)C[C@H]1C. The van der Waals surface area contributed by atoms with Gasteiger partial charge in [-0.05, 0) is 44.5 Å². The number of nitrogens with zero attached hydrogens (tertiary/aromatic N) is 5. The summed E-state index contributed by atoms with van der Waals surface area (Å²) in [6.07, 6.45) is 0. The highest BCUT2D eigenvalue weighted by molar-refractivity contribution is 5.89. The van der Waals surface area contributed by atoms with E-state index in [4.69, 9.17) is 0 Å². The van der Waals surface area contributed by atoms with Gasteiger partial charge >= 0.3 is 0 Å². The summed E-state index contributed by atoms with van der Waals surface area (Å²) in [5, 5.41) is 9.30. The molecule has 1 fully saturated rings. The number of aryl methyl sites for hydroxylation is 2. The van der Waals surface area contributed by atoms with Crippen molar-refractivity contribution in [2.24, 2.45) is 7.05 Å². The fraction of sp³-hybridized carbons (Fsp3) is 0.375. The summed E-state index contributed by atoms with van der Waals surface area (Å²) in [5.41, 5.74) is 3.99. The predicted octanol–water partition coefficient (Wildman–Crippen LogP) is 3.35. The van der Waals surface area contributed by atoms with Crippen LogP contribution in [0.3, 0.4) is 0 Å². The van der Waals surface area contributed by atoms with Gasteiger partial charge in [-0.15, -0.1) is 0 Å². The van der Waals surface area contributed by atoms with Crippen molar-refractivity contribution in [3.8, 4) is 6.07 Å². The molecule has 0 spiro atoms. The Kier molecular flexibility index (Phi) is 5.50. The van der Waals surface area contributed by atoms with Gasteiger partial charge in [0.15, 0.2) is 0 Å². The van der Waals surface area contributed by atoms with Gasteiger partial charge in [0.25, 0.3) is 5.56 Å². The molecular formula is C24H26FN5O. The second kappa shape index (κ2) is 8.12. The van der Waals surface area contributed by atoms with E-state index < -0.39 is 0 Å². The van der Waals surface area contributed by atoms with E-state index in [1.54, 1.807) is 35.9 Å². The Hall–Kier alpha value is -3.24. The lowest BCUT2D eigenvalue weighted by Gasteiger charge is -2.45. The number of nitriles is 1. The van der Waals surface area contributed by atoms with E-state index in [0.29, 0.717) is 29.8 Å². The third-order valence-electron chi connectivity index (χ3n) is 6.32. The minimum absolute atomic E-state index is 0.0890. The lowest BCUT2D eigenvalue weighted by Crippen LogP contribution is -2.56. The lowest BCUT2D eigenvalue weighted by molar-refractivity contribution is 0.156. The van der Waals surface area contributed by atoms with Gasteiger partial charge in [0.1, 0.15) is 23.1 Å². The molecule has 2 aromatic heterocycles. The molecule has 160 valence electrons. The molecule has 1 aromatic carbocycles. The van der Waals surface area contributed by atoms with Gasteiger partial charge in [0, 0.05) is 50.4 Å². The molecule has 1 saturated heterocycles. The van der Waals surface area contributed by atoms with Gasteiger partial charge < -0.3 is 9.47 Å². The highest BCUT2D eigenvalue weighted by Crippen LogP contribution is 2.29. The molecule has 0 amide bonds. The third kappa shape index (κ3) is 3.79. The predicted molar refractivity (Wildman–Crippen MR) is 120 cm³/mol. The molecule has 0 unspecified atom stereocenters. The van der Waals surface area contributed by atoms with Crippen LogP contribution in [0.25, 0.3) is 11.0 Å². The van der Waals surface area contributed by atoms with Crippen molar-refractivity contribution in [2.75, 3.05) is 18.0 Å². The van der Waals surface area contributed by atoms with Crippen molar-refractivity contribution < 1.29 is 4.39 Å². The van der Waals surface area contributed by atoms with Gasteiger partial charge in [0.2, 0.25) is 0 Å². The zero-order valence-corrected chi connectivity index (χ0v) is 18.3. The average Bonchev–Trinajstić information content (AvgIpc) is 2.75. The molecule has 0 radical (unpaired) electrons. The van der Waals surface area contributed by atoms with E-state index in [1.165, 1.54) is 6.07 Å². The smallest absolute Gasteiger partial charge is 0.252 e. The summed E-state index contributed by atoms with van der Waals surface area (Å²) < 4.78 is 15.9. The van der Waals surface area contributed by atoms with E-state index in [9.17, 15) is 14.4 Å². The van der Waals surface area contributed by atoms with Crippen molar-refractivity contribution in [1.29, 1.82) is 5.26 Å². The fourth-order valence-corrected chi connectivity index (χ4v) is 4.42. The Morgan fingerprint density at radius 2 is 1.97 bits per heavy atom. The number of benzene rings is 1. The summed E-state index contributed by atoms with van der Waals surface area (Å²) in [7, 11) is 1.71. The summed E-state index contributed by atoms with van der Waals surface area (Å²) >= 11 is 0. The maximum absolute atomic E-state index is 14.4. The molecule has 0 bridgehead atoms. The first-order chi connectivity index (χ1) is 14.8. The number of hydrogen-bond donors (Lipinski definition) is 0. The van der Waals surface area contributed by atoms with Gasteiger partial charge in [-0.1, -0.05) is 12.1 Å². The van der Waals surface area contributed by atoms with Crippen LogP contribution in [0.1, 0.15) is 30.7 Å². The number of rotatable bonds is 3. The maximum Gasteiger partial charge on any atom is 0.252 e. The van der Waals surface area contributed by atoms with Gasteiger partial charge in [0.05, 0.1) is 11.2 Å². The van der Waals surface area contributed by atoms with E-state index in [1.807, 2.05) is 13.0 Å². The van der Waals surface area contributed by atoms with Crippen LogP contribution in [0.15, 0.2) is 41.2 Å². The van der Waals surface area contributed by atoms with Crippen LogP contribution in [0, 0.1) is 24.1 Å². The van der Waals surface area contributed by atoms with E-state index in [-0.39, 0.29) is 23.5 Å². The van der Waals surface area contributed by atoms with Gasteiger partial charge in [-0.2, -0.15) is 5.26 Å². The number of halogens is 1. The second-order valence-corrected chi connectivity index (χ2v) is 8.42. The van der Waals surface area contributed by atoms with Crippen molar-refractivity contribution >= 4 is 16.7 Å². The summed E-state index contributed by atoms with van der Waals surface area (Å²) in [6.45, 7) is 8.11. The average molecular weight is 420 g/mol. The number of pyridine rings is 2. The van der Waals surface area contributed by atoms with Crippen LogP contribution in [-0.2, 0) is 13.6 Å². The highest BCUT2D eigenvalue weighted by Gasteiger charge is 2.31. The molecule has 2 atom stereocenters. The second-order valence-electron chi connectivity index (χ2n) is 8.42. The Morgan fingerprint density at radius 3 is 2.68 bits per heavy atom. The van der Waals surface area contributed by atoms with E-state index >= 15 is 0 Å². The van der Waals surface area contributed by atoms with Crippen LogP contribution in [-0.4, -0.2) is 39.6 Å². The fourth-order valence-electron chi connectivity index (χ4n) is 4.42. The molecule has 1 aliphatic rings. The highest BCUT2D eigenvalue weighted by atomic mass is 19.1. The zero-order chi connectivity index (χ0) is 22.3. The molecule has 1 aliphatic heterocycles. The van der Waals surface area contributed by atoms with Crippen LogP contribution in [0.5, 0.6) is 0 Å². The lowest BCUT2D eigenvalue weighted by atomic mass is 10.0. The normalized spacial score (nSPS) is 19.5. The first kappa shape index (κ1) is 21.0. The van der Waals surface area contributed by atoms with Crippen LogP contribution in [0.2, 0.25) is 0 Å². The van der Waals surface area contributed by atoms with Gasteiger partial charge in [-0.3, -0.25) is 9.69 Å². The minimum atomic E-state index is -0.173. The quantitative estimate of drug-likeness (QED) is 0.651.